The van der Waals surface area contributed by atoms with Gasteiger partial charge in [-0.1, -0.05) is 13.3 Å². The van der Waals surface area contributed by atoms with Gasteiger partial charge in [0.05, 0.1) is 6.61 Å². The zero-order valence-corrected chi connectivity index (χ0v) is 11.5. The van der Waals surface area contributed by atoms with Crippen LogP contribution in [0.25, 0.3) is 0 Å². The highest BCUT2D eigenvalue weighted by atomic mass is 32.1. The van der Waals surface area contributed by atoms with Crippen LogP contribution in [-0.4, -0.2) is 29.4 Å². The molecular weight excluding hydrogens is 252 g/mol. The Morgan fingerprint density at radius 1 is 1.39 bits per heavy atom. The number of thiophene rings is 1. The summed E-state index contributed by atoms with van der Waals surface area (Å²) in [6, 6.07) is 1.84. The number of carboxylic acids is 1. The average molecular weight is 272 g/mol. The van der Waals surface area contributed by atoms with Crippen LogP contribution in [0.15, 0.2) is 6.07 Å². The fourth-order valence-electron chi connectivity index (χ4n) is 1.62. The predicted molar refractivity (Wildman–Crippen MR) is 71.7 cm³/mol. The normalized spacial score (nSPS) is 10.6. The number of carboxylic acid groups (broad SMARTS) is 1. The van der Waals surface area contributed by atoms with Gasteiger partial charge in [-0.05, 0) is 31.7 Å². The number of rotatable bonds is 9. The third-order valence-corrected chi connectivity index (χ3v) is 3.66. The van der Waals surface area contributed by atoms with Gasteiger partial charge in [-0.25, -0.2) is 4.79 Å². The molecule has 0 spiro atoms. The third kappa shape index (κ3) is 4.66. The van der Waals surface area contributed by atoms with Gasteiger partial charge in [0.1, 0.15) is 5.75 Å². The summed E-state index contributed by atoms with van der Waals surface area (Å²) in [4.78, 5) is 12.4. The summed E-state index contributed by atoms with van der Waals surface area (Å²) in [5, 5.41) is 17.7. The van der Waals surface area contributed by atoms with Crippen LogP contribution in [0.1, 0.15) is 47.2 Å². The number of aliphatic hydroxyl groups is 1. The first-order valence-corrected chi connectivity index (χ1v) is 7.10. The largest absolute Gasteiger partial charge is 0.492 e. The summed E-state index contributed by atoms with van der Waals surface area (Å²) < 4.78 is 5.52. The van der Waals surface area contributed by atoms with Gasteiger partial charge < -0.3 is 14.9 Å². The molecule has 5 heteroatoms. The maximum atomic E-state index is 11.1. The summed E-state index contributed by atoms with van der Waals surface area (Å²) >= 11 is 1.30. The minimum Gasteiger partial charge on any atom is -0.492 e. The molecule has 0 atom stereocenters. The minimum absolute atomic E-state index is 0.194. The fourth-order valence-corrected chi connectivity index (χ4v) is 2.66. The van der Waals surface area contributed by atoms with E-state index in [1.165, 1.54) is 11.3 Å². The lowest BCUT2D eigenvalue weighted by molar-refractivity contribution is 0.0698. The summed E-state index contributed by atoms with van der Waals surface area (Å²) in [5.41, 5.74) is 0. The van der Waals surface area contributed by atoms with E-state index in [0.717, 1.165) is 37.0 Å². The Bertz CT molecular complexity index is 373. The van der Waals surface area contributed by atoms with Crippen LogP contribution in [0.3, 0.4) is 0 Å². The average Bonchev–Trinajstić information content (AvgIpc) is 2.73. The van der Waals surface area contributed by atoms with Crippen molar-refractivity contribution in [2.45, 2.75) is 39.0 Å². The van der Waals surface area contributed by atoms with E-state index in [4.69, 9.17) is 14.9 Å². The maximum Gasteiger partial charge on any atom is 0.349 e. The highest BCUT2D eigenvalue weighted by Gasteiger charge is 2.16. The number of hydrogen-bond donors (Lipinski definition) is 2. The number of unbranched alkanes of at least 4 members (excludes halogenated alkanes) is 2. The molecule has 0 bridgehead atoms. The van der Waals surface area contributed by atoms with E-state index < -0.39 is 5.97 Å². The molecule has 1 aromatic heterocycles. The number of hydrogen-bond acceptors (Lipinski definition) is 4. The van der Waals surface area contributed by atoms with Crippen molar-refractivity contribution in [1.29, 1.82) is 0 Å². The molecule has 18 heavy (non-hydrogen) atoms. The topological polar surface area (TPSA) is 66.8 Å². The Balaban J connectivity index is 2.54. The first-order chi connectivity index (χ1) is 8.69. The molecule has 0 amide bonds. The van der Waals surface area contributed by atoms with Crippen LogP contribution in [0, 0.1) is 0 Å². The van der Waals surface area contributed by atoms with E-state index in [1.807, 2.05) is 6.07 Å². The monoisotopic (exact) mass is 272 g/mol. The van der Waals surface area contributed by atoms with Crippen LogP contribution in [-0.2, 0) is 6.42 Å². The molecule has 0 radical (unpaired) electrons. The molecule has 0 aromatic carbocycles. The molecule has 0 saturated heterocycles. The summed E-state index contributed by atoms with van der Waals surface area (Å²) in [6.45, 7) is 2.76. The summed E-state index contributed by atoms with van der Waals surface area (Å²) in [7, 11) is 0. The molecule has 2 N–H and O–H groups in total. The van der Waals surface area contributed by atoms with Gasteiger partial charge >= 0.3 is 5.97 Å². The molecule has 1 rings (SSSR count). The molecule has 0 saturated carbocycles. The Morgan fingerprint density at radius 3 is 2.78 bits per heavy atom. The lowest BCUT2D eigenvalue weighted by atomic mass is 10.2. The van der Waals surface area contributed by atoms with Gasteiger partial charge in [-0.15, -0.1) is 11.3 Å². The summed E-state index contributed by atoms with van der Waals surface area (Å²) in [5.74, 6) is -0.437. The molecule has 1 aromatic rings. The Hall–Kier alpha value is -1.07. The van der Waals surface area contributed by atoms with Crippen molar-refractivity contribution in [3.63, 3.8) is 0 Å². The molecule has 0 aliphatic rings. The van der Waals surface area contributed by atoms with Crippen molar-refractivity contribution in [3.05, 3.63) is 15.8 Å². The fraction of sp³-hybridized carbons (Fsp3) is 0.615. The van der Waals surface area contributed by atoms with Gasteiger partial charge in [-0.2, -0.15) is 0 Å². The number of ether oxygens (including phenoxy) is 1. The Morgan fingerprint density at radius 2 is 2.17 bits per heavy atom. The van der Waals surface area contributed by atoms with Crippen molar-refractivity contribution in [3.8, 4) is 5.75 Å². The van der Waals surface area contributed by atoms with Crippen molar-refractivity contribution < 1.29 is 19.7 Å². The number of aromatic carboxylic acids is 1. The Labute approximate surface area is 111 Å². The van der Waals surface area contributed by atoms with Gasteiger partial charge in [-0.3, -0.25) is 0 Å². The molecule has 0 aliphatic carbocycles. The van der Waals surface area contributed by atoms with E-state index in [0.29, 0.717) is 17.2 Å². The van der Waals surface area contributed by atoms with E-state index >= 15 is 0 Å². The molecule has 4 nitrogen and oxygen atoms in total. The van der Waals surface area contributed by atoms with Crippen molar-refractivity contribution in [2.75, 3.05) is 13.2 Å². The predicted octanol–water partition coefficient (Wildman–Crippen LogP) is 2.94. The number of carbonyl (C=O) groups is 1. The molecule has 102 valence electrons. The van der Waals surface area contributed by atoms with E-state index in [-0.39, 0.29) is 6.61 Å². The van der Waals surface area contributed by atoms with Crippen molar-refractivity contribution in [1.82, 2.24) is 0 Å². The number of aryl methyl sites for hydroxylation is 1. The quantitative estimate of drug-likeness (QED) is 0.678. The van der Waals surface area contributed by atoms with Crippen LogP contribution >= 0.6 is 11.3 Å². The van der Waals surface area contributed by atoms with Gasteiger partial charge in [0, 0.05) is 11.5 Å². The zero-order chi connectivity index (χ0) is 13.4. The van der Waals surface area contributed by atoms with Crippen LogP contribution < -0.4 is 4.74 Å². The lowest BCUT2D eigenvalue weighted by Gasteiger charge is -2.04. The van der Waals surface area contributed by atoms with E-state index in [9.17, 15) is 4.79 Å². The standard InChI is InChI=1S/C13H20O4S/c1-2-6-10-9-11(12(18-10)13(15)16)17-8-5-3-4-7-14/h9,14H,2-8H2,1H3,(H,15,16). The SMILES string of the molecule is CCCc1cc(OCCCCCO)c(C(=O)O)s1. The summed E-state index contributed by atoms with van der Waals surface area (Å²) in [6.07, 6.45) is 4.37. The van der Waals surface area contributed by atoms with Gasteiger partial charge in [0.15, 0.2) is 4.88 Å². The number of aliphatic hydroxyl groups excluding tert-OH is 1. The maximum absolute atomic E-state index is 11.1. The third-order valence-electron chi connectivity index (χ3n) is 2.50. The second kappa shape index (κ2) is 8.11. The molecule has 0 unspecified atom stereocenters. The van der Waals surface area contributed by atoms with Gasteiger partial charge in [0.2, 0.25) is 0 Å². The first kappa shape index (κ1) is 15.0. The van der Waals surface area contributed by atoms with Gasteiger partial charge in [0.25, 0.3) is 0 Å². The lowest BCUT2D eigenvalue weighted by Crippen LogP contribution is -2.01. The highest BCUT2D eigenvalue weighted by Crippen LogP contribution is 2.30. The molecule has 0 aliphatic heterocycles. The van der Waals surface area contributed by atoms with E-state index in [2.05, 4.69) is 6.92 Å². The van der Waals surface area contributed by atoms with Crippen molar-refractivity contribution >= 4 is 17.3 Å². The smallest absolute Gasteiger partial charge is 0.349 e. The second-order valence-electron chi connectivity index (χ2n) is 4.09. The minimum atomic E-state index is -0.923. The second-order valence-corrected chi connectivity index (χ2v) is 5.23. The van der Waals surface area contributed by atoms with Crippen LogP contribution in [0.5, 0.6) is 5.75 Å². The Kier molecular flexibility index (Phi) is 6.75. The van der Waals surface area contributed by atoms with Crippen LogP contribution in [0.4, 0.5) is 0 Å². The zero-order valence-electron chi connectivity index (χ0n) is 10.6. The molecule has 0 fully saturated rings. The first-order valence-electron chi connectivity index (χ1n) is 6.28. The van der Waals surface area contributed by atoms with Crippen LogP contribution in [0.2, 0.25) is 0 Å². The molecular formula is C13H20O4S. The van der Waals surface area contributed by atoms with Crippen molar-refractivity contribution in [2.24, 2.45) is 0 Å². The van der Waals surface area contributed by atoms with E-state index in [1.54, 1.807) is 0 Å². The highest BCUT2D eigenvalue weighted by molar-refractivity contribution is 7.14. The molecule has 1 heterocycles.